The number of rotatable bonds is 29. The minimum Gasteiger partial charge on any atom is -0.480 e. The quantitative estimate of drug-likeness (QED) is 0.0634. The van der Waals surface area contributed by atoms with Gasteiger partial charge in [0.2, 0.25) is 11.8 Å². The second kappa shape index (κ2) is 33.5. The van der Waals surface area contributed by atoms with E-state index < -0.39 is 11.9 Å². The average molecular weight is 625 g/mol. The lowest BCUT2D eigenvalue weighted by atomic mass is 10.1. The molecule has 0 aliphatic carbocycles. The Morgan fingerprint density at radius 3 is 1.02 bits per heavy atom. The zero-order valence-electron chi connectivity index (χ0n) is 29.0. The van der Waals surface area contributed by atoms with Crippen molar-refractivity contribution in [1.29, 1.82) is 0 Å². The number of amides is 2. The van der Waals surface area contributed by atoms with Crippen LogP contribution in [0.15, 0.2) is 12.2 Å². The van der Waals surface area contributed by atoms with Crippen LogP contribution < -0.4 is 0 Å². The van der Waals surface area contributed by atoms with E-state index in [4.69, 9.17) is 10.2 Å². The van der Waals surface area contributed by atoms with Crippen molar-refractivity contribution >= 4 is 23.8 Å². The number of carbonyl (C=O) groups excluding carboxylic acids is 2. The molecule has 0 aromatic rings. The van der Waals surface area contributed by atoms with Gasteiger partial charge in [0.25, 0.3) is 0 Å². The molecule has 44 heavy (non-hydrogen) atoms. The van der Waals surface area contributed by atoms with Crippen LogP contribution in [0, 0.1) is 0 Å². The van der Waals surface area contributed by atoms with Crippen LogP contribution in [0.5, 0.6) is 0 Å². The topological polar surface area (TPSA) is 115 Å². The van der Waals surface area contributed by atoms with Gasteiger partial charge in [0.15, 0.2) is 0 Å². The molecular formula is C36H68N2O6. The number of carbonyl (C=O) groups is 4. The number of aliphatic carboxylic acids is 2. The Labute approximate surface area is 270 Å². The molecule has 0 radical (unpaired) electrons. The highest BCUT2D eigenvalue weighted by atomic mass is 16.4. The third kappa shape index (κ3) is 34.1. The summed E-state index contributed by atoms with van der Waals surface area (Å²) in [5, 5.41) is 17.2. The summed E-state index contributed by atoms with van der Waals surface area (Å²) in [6, 6.07) is 0. The molecule has 2 N–H and O–H groups in total. The predicted octanol–water partition coefficient (Wildman–Crippen LogP) is 9.02. The van der Waals surface area contributed by atoms with E-state index >= 15 is 0 Å². The van der Waals surface area contributed by atoms with Gasteiger partial charge in [-0.2, -0.15) is 0 Å². The molecule has 0 atom stereocenters. The van der Waals surface area contributed by atoms with Crippen molar-refractivity contribution < 1.29 is 29.4 Å². The Hall–Kier alpha value is -2.38. The first-order chi connectivity index (χ1) is 21.1. The van der Waals surface area contributed by atoms with Crippen molar-refractivity contribution in [2.45, 2.75) is 168 Å². The largest absolute Gasteiger partial charge is 0.480 e. The van der Waals surface area contributed by atoms with Crippen LogP contribution in [0.3, 0.4) is 0 Å². The van der Waals surface area contributed by atoms with Crippen molar-refractivity contribution in [3.63, 3.8) is 0 Å². The standard InChI is InChI=1S/C21H39NO3.C15H29NO3/c1-3-4-5-6-7-8-9-10-11-12-13-14-15-16-17-18-20(23)22(2)19-21(24)25;1-3-4-5-6-7-8-9-10-11-12-14(17)16(2)13-15(18)19/h10-11H,3-9,12-19H2,1-2H3,(H,24,25);3-13H2,1-2H3,(H,18,19)/b11-10-;. The van der Waals surface area contributed by atoms with E-state index in [2.05, 4.69) is 26.0 Å². The monoisotopic (exact) mass is 625 g/mol. The number of carboxylic acids is 2. The summed E-state index contributed by atoms with van der Waals surface area (Å²) in [7, 11) is 3.10. The van der Waals surface area contributed by atoms with Crippen molar-refractivity contribution in [1.82, 2.24) is 9.80 Å². The van der Waals surface area contributed by atoms with Gasteiger partial charge in [0.1, 0.15) is 13.1 Å². The summed E-state index contributed by atoms with van der Waals surface area (Å²) in [6.07, 6.45) is 32.6. The second-order valence-corrected chi connectivity index (χ2v) is 12.2. The van der Waals surface area contributed by atoms with Crippen LogP contribution in [0.4, 0.5) is 0 Å². The van der Waals surface area contributed by atoms with Crippen LogP contribution >= 0.6 is 0 Å². The van der Waals surface area contributed by atoms with Gasteiger partial charge in [0, 0.05) is 26.9 Å². The maximum Gasteiger partial charge on any atom is 0.323 e. The Balaban J connectivity index is 0. The lowest BCUT2D eigenvalue weighted by Crippen LogP contribution is -2.31. The fourth-order valence-corrected chi connectivity index (χ4v) is 4.90. The molecule has 0 bridgehead atoms. The molecule has 0 aliphatic rings. The fraction of sp³-hybridized carbons (Fsp3) is 0.833. The minimum absolute atomic E-state index is 0.0645. The summed E-state index contributed by atoms with van der Waals surface area (Å²) in [5.41, 5.74) is 0. The predicted molar refractivity (Wildman–Crippen MR) is 182 cm³/mol. The van der Waals surface area contributed by atoms with E-state index in [9.17, 15) is 19.2 Å². The highest BCUT2D eigenvalue weighted by molar-refractivity contribution is 5.81. The third-order valence-corrected chi connectivity index (χ3v) is 7.74. The number of likely N-dealkylation sites (N-methyl/N-ethyl adjacent to an activating group) is 2. The van der Waals surface area contributed by atoms with Crippen LogP contribution in [0.2, 0.25) is 0 Å². The maximum absolute atomic E-state index is 11.7. The fourth-order valence-electron chi connectivity index (χ4n) is 4.90. The summed E-state index contributed by atoms with van der Waals surface area (Å²) >= 11 is 0. The molecule has 0 fully saturated rings. The lowest BCUT2D eigenvalue weighted by Gasteiger charge is -2.14. The van der Waals surface area contributed by atoms with Gasteiger partial charge in [-0.15, -0.1) is 0 Å². The van der Waals surface area contributed by atoms with Crippen molar-refractivity contribution in [3.05, 3.63) is 12.2 Å². The molecule has 0 aromatic heterocycles. The van der Waals surface area contributed by atoms with Crippen LogP contribution in [-0.4, -0.2) is 71.0 Å². The molecule has 0 saturated heterocycles. The molecule has 0 unspecified atom stereocenters. The van der Waals surface area contributed by atoms with Crippen LogP contribution in [0.25, 0.3) is 0 Å². The average Bonchev–Trinajstić information content (AvgIpc) is 2.97. The van der Waals surface area contributed by atoms with Gasteiger partial charge >= 0.3 is 11.9 Å². The summed E-state index contributed by atoms with van der Waals surface area (Å²) in [5.74, 6) is -2.05. The Kier molecular flexibility index (Phi) is 33.3. The highest BCUT2D eigenvalue weighted by Gasteiger charge is 2.12. The normalized spacial score (nSPS) is 10.8. The maximum atomic E-state index is 11.7. The van der Waals surface area contributed by atoms with Crippen LogP contribution in [0.1, 0.15) is 168 Å². The number of hydrogen-bond donors (Lipinski definition) is 2. The molecule has 0 rings (SSSR count). The summed E-state index contributed by atoms with van der Waals surface area (Å²) < 4.78 is 0. The Bertz CT molecular complexity index is 740. The molecule has 2 amide bonds. The number of allylic oxidation sites excluding steroid dienone is 2. The minimum atomic E-state index is -0.958. The van der Waals surface area contributed by atoms with Crippen molar-refractivity contribution in [2.24, 2.45) is 0 Å². The van der Waals surface area contributed by atoms with Gasteiger partial charge in [-0.1, -0.05) is 129 Å². The number of carboxylic acid groups (broad SMARTS) is 2. The second-order valence-electron chi connectivity index (χ2n) is 12.2. The zero-order chi connectivity index (χ0) is 33.3. The summed E-state index contributed by atoms with van der Waals surface area (Å²) in [6.45, 7) is 4.07. The SMILES string of the molecule is CCCCCCCC/C=C\CCCCCCCC(=O)N(C)CC(=O)O.CCCCCCCCCCCC(=O)N(C)CC(=O)O. The van der Waals surface area contributed by atoms with Gasteiger partial charge in [0.05, 0.1) is 0 Å². The van der Waals surface area contributed by atoms with Gasteiger partial charge in [-0.25, -0.2) is 0 Å². The first kappa shape index (κ1) is 43.7. The molecule has 0 saturated carbocycles. The van der Waals surface area contributed by atoms with E-state index in [0.29, 0.717) is 12.8 Å². The number of nitrogens with zero attached hydrogens (tertiary/aromatic N) is 2. The molecule has 0 heterocycles. The zero-order valence-corrected chi connectivity index (χ0v) is 29.0. The Morgan fingerprint density at radius 1 is 0.455 bits per heavy atom. The first-order valence-corrected chi connectivity index (χ1v) is 17.7. The van der Waals surface area contributed by atoms with Gasteiger partial charge in [-0.3, -0.25) is 19.2 Å². The van der Waals surface area contributed by atoms with E-state index in [0.717, 1.165) is 38.5 Å². The Morgan fingerprint density at radius 2 is 0.727 bits per heavy atom. The number of hydrogen-bond acceptors (Lipinski definition) is 4. The first-order valence-electron chi connectivity index (χ1n) is 17.7. The van der Waals surface area contributed by atoms with E-state index in [1.54, 1.807) is 14.1 Å². The molecule has 8 nitrogen and oxygen atoms in total. The molecule has 8 heteroatoms. The third-order valence-electron chi connectivity index (χ3n) is 7.74. The molecule has 0 aliphatic heterocycles. The van der Waals surface area contributed by atoms with Crippen molar-refractivity contribution in [3.8, 4) is 0 Å². The van der Waals surface area contributed by atoms with Crippen LogP contribution in [-0.2, 0) is 19.2 Å². The molecule has 0 spiro atoms. The highest BCUT2D eigenvalue weighted by Crippen LogP contribution is 2.12. The lowest BCUT2D eigenvalue weighted by molar-refractivity contribution is -0.143. The molecule has 258 valence electrons. The molecule has 0 aromatic carbocycles. The van der Waals surface area contributed by atoms with E-state index in [1.807, 2.05) is 0 Å². The van der Waals surface area contributed by atoms with E-state index in [-0.39, 0.29) is 24.9 Å². The number of unbranched alkanes of at least 4 members (excludes halogenated alkanes) is 19. The van der Waals surface area contributed by atoms with E-state index in [1.165, 1.54) is 113 Å². The molecular weight excluding hydrogens is 556 g/mol. The summed E-state index contributed by atoms with van der Waals surface area (Å²) in [4.78, 5) is 46.8. The van der Waals surface area contributed by atoms with Gasteiger partial charge < -0.3 is 20.0 Å². The van der Waals surface area contributed by atoms with Gasteiger partial charge in [-0.05, 0) is 38.5 Å². The van der Waals surface area contributed by atoms with Crippen molar-refractivity contribution in [2.75, 3.05) is 27.2 Å². The smallest absolute Gasteiger partial charge is 0.323 e.